The first-order chi connectivity index (χ1) is 7.19. The highest BCUT2D eigenvalue weighted by atomic mass is 19.1. The third-order valence-electron chi connectivity index (χ3n) is 1.91. The van der Waals surface area contributed by atoms with E-state index in [1.165, 1.54) is 12.1 Å². The van der Waals surface area contributed by atoms with Crippen molar-refractivity contribution in [1.82, 2.24) is 0 Å². The lowest BCUT2D eigenvalue weighted by atomic mass is 10.2. The molecule has 0 saturated carbocycles. The molecule has 3 nitrogen and oxygen atoms in total. The molecule has 0 radical (unpaired) electrons. The molecule has 0 aliphatic rings. The minimum atomic E-state index is -0.389. The summed E-state index contributed by atoms with van der Waals surface area (Å²) in [6, 6.07) is 2.71. The lowest BCUT2D eigenvalue weighted by molar-refractivity contribution is 0.146. The second kappa shape index (κ2) is 5.32. The molecule has 0 N–H and O–H groups in total. The molecule has 0 heterocycles. The molecule has 1 rings (SSSR count). The minimum Gasteiger partial charge on any atom is -0.502 e. The van der Waals surface area contributed by atoms with Crippen molar-refractivity contribution in [3.05, 3.63) is 34.9 Å². The lowest BCUT2D eigenvalue weighted by Crippen LogP contribution is -2.04. The molecule has 0 fully saturated rings. The Morgan fingerprint density at radius 3 is 2.73 bits per heavy atom. The minimum absolute atomic E-state index is 0.189. The molecule has 4 heteroatoms. The Morgan fingerprint density at radius 1 is 1.40 bits per heavy atom. The van der Waals surface area contributed by atoms with Gasteiger partial charge in [0.15, 0.2) is 0 Å². The van der Waals surface area contributed by atoms with Crippen molar-refractivity contribution < 1.29 is 13.9 Å². The van der Waals surface area contributed by atoms with E-state index in [9.17, 15) is 4.39 Å². The maximum absolute atomic E-state index is 13.1. The van der Waals surface area contributed by atoms with Gasteiger partial charge >= 0.3 is 0 Å². The molecule has 0 saturated heterocycles. The number of hydrogen-bond acceptors (Lipinski definition) is 2. The first kappa shape index (κ1) is 11.5. The van der Waals surface area contributed by atoms with Gasteiger partial charge in [0.05, 0.1) is 13.2 Å². The summed E-state index contributed by atoms with van der Waals surface area (Å²) in [7, 11) is 1.56. The molecule has 1 aromatic carbocycles. The predicted molar refractivity (Wildman–Crippen MR) is 54.8 cm³/mol. The molecule has 0 unspecified atom stereocenters. The summed E-state index contributed by atoms with van der Waals surface area (Å²) in [5, 5.41) is 0. The zero-order valence-electron chi connectivity index (χ0n) is 8.71. The summed E-state index contributed by atoms with van der Waals surface area (Å²) in [4.78, 5) is 3.20. The van der Waals surface area contributed by atoms with E-state index in [0.29, 0.717) is 24.5 Å². The van der Waals surface area contributed by atoms with E-state index >= 15 is 0 Å². The molecule has 0 amide bonds. The Balaban J connectivity index is 2.86. The molecule has 1 aromatic rings. The van der Waals surface area contributed by atoms with Crippen LogP contribution in [0.4, 0.5) is 10.1 Å². The van der Waals surface area contributed by atoms with Crippen molar-refractivity contribution in [1.29, 1.82) is 0 Å². The van der Waals surface area contributed by atoms with Crippen LogP contribution < -0.4 is 4.74 Å². The van der Waals surface area contributed by atoms with E-state index in [1.807, 2.05) is 0 Å². The summed E-state index contributed by atoms with van der Waals surface area (Å²) >= 11 is 0. The van der Waals surface area contributed by atoms with E-state index in [-0.39, 0.29) is 11.5 Å². The average Bonchev–Trinajstić information content (AvgIpc) is 2.23. The Kier molecular flexibility index (Phi) is 4.07. The standard InChI is InChI=1S/C11H12FNO2/c1-8-6-11(15-5-4-14-3)10(13-2)7-9(8)12/h6-7H,4-5H2,1,3H3. The van der Waals surface area contributed by atoms with Crippen LogP contribution in [-0.2, 0) is 4.74 Å². The van der Waals surface area contributed by atoms with Crippen molar-refractivity contribution in [3.8, 4) is 5.75 Å². The third-order valence-corrected chi connectivity index (χ3v) is 1.91. The normalized spacial score (nSPS) is 9.73. The van der Waals surface area contributed by atoms with Crippen LogP contribution in [0, 0.1) is 19.3 Å². The van der Waals surface area contributed by atoms with Gasteiger partial charge in [-0.25, -0.2) is 9.24 Å². The summed E-state index contributed by atoms with van der Waals surface area (Å²) in [6.07, 6.45) is 0. The molecule has 15 heavy (non-hydrogen) atoms. The van der Waals surface area contributed by atoms with Crippen molar-refractivity contribution in [2.75, 3.05) is 20.3 Å². The highest BCUT2D eigenvalue weighted by molar-refractivity contribution is 5.58. The fourth-order valence-electron chi connectivity index (χ4n) is 1.08. The molecule has 0 spiro atoms. The summed E-state index contributed by atoms with van der Waals surface area (Å²) in [5.74, 6) is 0.0149. The van der Waals surface area contributed by atoms with Gasteiger partial charge in [0.1, 0.15) is 18.2 Å². The van der Waals surface area contributed by atoms with Gasteiger partial charge in [0.25, 0.3) is 0 Å². The van der Waals surface area contributed by atoms with Gasteiger partial charge in [0, 0.05) is 7.11 Å². The average molecular weight is 209 g/mol. The summed E-state index contributed by atoms with van der Waals surface area (Å²) < 4.78 is 23.2. The van der Waals surface area contributed by atoms with E-state index < -0.39 is 0 Å². The Morgan fingerprint density at radius 2 is 2.13 bits per heavy atom. The number of halogens is 1. The van der Waals surface area contributed by atoms with Gasteiger partial charge in [-0.3, -0.25) is 0 Å². The molecular weight excluding hydrogens is 197 g/mol. The van der Waals surface area contributed by atoms with Crippen LogP contribution in [0.3, 0.4) is 0 Å². The number of methoxy groups -OCH3 is 1. The Labute approximate surface area is 88.3 Å². The van der Waals surface area contributed by atoms with E-state index in [4.69, 9.17) is 16.0 Å². The second-order valence-corrected chi connectivity index (χ2v) is 3.02. The van der Waals surface area contributed by atoms with Gasteiger partial charge < -0.3 is 9.47 Å². The zero-order chi connectivity index (χ0) is 11.3. The van der Waals surface area contributed by atoms with Gasteiger partial charge in [-0.2, -0.15) is 0 Å². The molecule has 0 bridgehead atoms. The first-order valence-corrected chi connectivity index (χ1v) is 4.48. The highest BCUT2D eigenvalue weighted by Gasteiger charge is 2.08. The van der Waals surface area contributed by atoms with E-state index in [1.54, 1.807) is 14.0 Å². The predicted octanol–water partition coefficient (Wildman–Crippen LogP) is 2.71. The van der Waals surface area contributed by atoms with Crippen molar-refractivity contribution in [2.24, 2.45) is 0 Å². The number of hydrogen-bond donors (Lipinski definition) is 0. The quantitative estimate of drug-likeness (QED) is 0.562. The van der Waals surface area contributed by atoms with Crippen LogP contribution in [0.5, 0.6) is 5.75 Å². The molecule has 0 atom stereocenters. The van der Waals surface area contributed by atoms with Crippen LogP contribution in [0.25, 0.3) is 4.85 Å². The van der Waals surface area contributed by atoms with Crippen LogP contribution in [0.2, 0.25) is 0 Å². The monoisotopic (exact) mass is 209 g/mol. The maximum Gasteiger partial charge on any atom is 0.231 e. The van der Waals surface area contributed by atoms with E-state index in [2.05, 4.69) is 4.85 Å². The molecular formula is C11H12FNO2. The second-order valence-electron chi connectivity index (χ2n) is 3.02. The number of rotatable bonds is 4. The SMILES string of the molecule is [C-]#[N+]c1cc(F)c(C)cc1OCCOC. The van der Waals surface area contributed by atoms with Gasteiger partial charge in [-0.1, -0.05) is 0 Å². The van der Waals surface area contributed by atoms with Crippen LogP contribution in [0.15, 0.2) is 12.1 Å². The van der Waals surface area contributed by atoms with Gasteiger partial charge in [-0.05, 0) is 24.6 Å². The highest BCUT2D eigenvalue weighted by Crippen LogP contribution is 2.30. The molecule has 0 aliphatic heterocycles. The number of benzene rings is 1. The number of aryl methyl sites for hydroxylation is 1. The zero-order valence-corrected chi connectivity index (χ0v) is 8.71. The van der Waals surface area contributed by atoms with Crippen molar-refractivity contribution >= 4 is 5.69 Å². The van der Waals surface area contributed by atoms with E-state index in [0.717, 1.165) is 0 Å². The molecule has 0 aliphatic carbocycles. The third kappa shape index (κ3) is 2.93. The van der Waals surface area contributed by atoms with Crippen molar-refractivity contribution in [2.45, 2.75) is 6.92 Å². The summed E-state index contributed by atoms with van der Waals surface area (Å²) in [6.45, 7) is 9.30. The number of ether oxygens (including phenoxy) is 2. The lowest BCUT2D eigenvalue weighted by Gasteiger charge is -2.08. The fourth-order valence-corrected chi connectivity index (χ4v) is 1.08. The summed E-state index contributed by atoms with van der Waals surface area (Å²) in [5.41, 5.74) is 0.656. The van der Waals surface area contributed by atoms with Gasteiger partial charge in [-0.15, -0.1) is 0 Å². The van der Waals surface area contributed by atoms with Crippen LogP contribution in [-0.4, -0.2) is 20.3 Å². The van der Waals surface area contributed by atoms with Gasteiger partial charge in [0.2, 0.25) is 5.69 Å². The van der Waals surface area contributed by atoms with Crippen LogP contribution >= 0.6 is 0 Å². The molecule has 0 aromatic heterocycles. The molecule has 80 valence electrons. The smallest absolute Gasteiger partial charge is 0.231 e. The first-order valence-electron chi connectivity index (χ1n) is 4.48. The Hall–Kier alpha value is -1.60. The maximum atomic E-state index is 13.1. The Bertz CT molecular complexity index is 385. The van der Waals surface area contributed by atoms with Crippen LogP contribution in [0.1, 0.15) is 5.56 Å². The number of nitrogens with zero attached hydrogens (tertiary/aromatic N) is 1. The largest absolute Gasteiger partial charge is 0.502 e. The fraction of sp³-hybridized carbons (Fsp3) is 0.364. The topological polar surface area (TPSA) is 22.8 Å². The van der Waals surface area contributed by atoms with Crippen molar-refractivity contribution in [3.63, 3.8) is 0 Å².